The number of nitrogens with zero attached hydrogens (tertiary/aromatic N) is 6. The zero-order valence-corrected chi connectivity index (χ0v) is 32.3. The van der Waals surface area contributed by atoms with E-state index in [0.29, 0.717) is 42.0 Å². The molecule has 0 radical (unpaired) electrons. The molecule has 0 bridgehead atoms. The highest BCUT2D eigenvalue weighted by molar-refractivity contribution is 6.07. The van der Waals surface area contributed by atoms with Crippen molar-refractivity contribution in [2.24, 2.45) is 5.73 Å². The molecule has 3 amide bonds. The first-order valence-corrected chi connectivity index (χ1v) is 18.0. The summed E-state index contributed by atoms with van der Waals surface area (Å²) >= 11 is 0. The highest BCUT2D eigenvalue weighted by atomic mass is 16.5. The number of anilines is 4. The van der Waals surface area contributed by atoms with Crippen LogP contribution in [0.5, 0.6) is 5.75 Å². The van der Waals surface area contributed by atoms with Crippen molar-refractivity contribution in [1.29, 1.82) is 0 Å². The predicted octanol–water partition coefficient (Wildman–Crippen LogP) is 8.09. The molecule has 0 saturated carbocycles. The Kier molecular flexibility index (Phi) is 11.1. The molecule has 284 valence electrons. The predicted molar refractivity (Wildman–Crippen MR) is 215 cm³/mol. The summed E-state index contributed by atoms with van der Waals surface area (Å²) in [5, 5.41) is 12.5. The number of primary amides is 1. The number of fused-ring (bicyclic) bond motifs is 1. The number of urea groups is 1. The van der Waals surface area contributed by atoms with Crippen molar-refractivity contribution in [3.63, 3.8) is 0 Å². The van der Waals surface area contributed by atoms with Crippen LogP contribution in [0, 0.1) is 6.92 Å². The maximum atomic E-state index is 13.5. The summed E-state index contributed by atoms with van der Waals surface area (Å²) in [4.78, 5) is 40.2. The van der Waals surface area contributed by atoms with Gasteiger partial charge in [0.15, 0.2) is 5.82 Å². The van der Waals surface area contributed by atoms with Crippen LogP contribution in [-0.4, -0.2) is 55.4 Å². The first-order valence-electron chi connectivity index (χ1n) is 18.0. The molecule has 13 nitrogen and oxygen atoms in total. The Bertz CT molecular complexity index is 2290. The maximum absolute atomic E-state index is 13.5. The lowest BCUT2D eigenvalue weighted by Crippen LogP contribution is -2.29. The number of carbonyl (C=O) groups excluding carboxylic acids is 2. The molecule has 3 aromatic carbocycles. The van der Waals surface area contributed by atoms with Gasteiger partial charge in [-0.15, -0.1) is 0 Å². The average Bonchev–Trinajstić information content (AvgIpc) is 3.57. The van der Waals surface area contributed by atoms with Crippen molar-refractivity contribution in [2.75, 3.05) is 28.7 Å². The van der Waals surface area contributed by atoms with E-state index in [2.05, 4.69) is 46.4 Å². The molecule has 0 atom stereocenters. The Morgan fingerprint density at radius 3 is 2.25 bits per heavy atom. The van der Waals surface area contributed by atoms with E-state index in [-0.39, 0.29) is 23.3 Å². The van der Waals surface area contributed by atoms with Gasteiger partial charge < -0.3 is 25.4 Å². The van der Waals surface area contributed by atoms with E-state index in [9.17, 15) is 9.59 Å². The number of amides is 3. The normalized spacial score (nSPS) is 11.7. The Morgan fingerprint density at radius 1 is 0.836 bits per heavy atom. The van der Waals surface area contributed by atoms with Crippen molar-refractivity contribution >= 4 is 45.9 Å². The standard InChI is InChI=1S/C42H47N9O4/c1-27-12-14-29(15-13-27)51-37(23-35(49-51)41(2,3)4)48-40(53)47-32-16-17-34(31-11-9-8-10-30(31)32)54-26-28-18-19-44-36(22-28)50(20-21-55-42(5,6)7)38-25-45-33(24-46-38)39(43)52/h8-19,22-25H,20-21,26H2,1-7H3,(H2,43,52)(H2,47,48,53). The molecule has 3 heterocycles. The highest BCUT2D eigenvalue weighted by Gasteiger charge is 2.22. The van der Waals surface area contributed by atoms with Gasteiger partial charge in [-0.1, -0.05) is 62.7 Å². The third-order valence-electron chi connectivity index (χ3n) is 8.63. The zero-order chi connectivity index (χ0) is 39.3. The molecule has 0 fully saturated rings. The van der Waals surface area contributed by atoms with E-state index in [1.54, 1.807) is 10.9 Å². The Labute approximate surface area is 320 Å². The summed E-state index contributed by atoms with van der Waals surface area (Å²) in [6.07, 6.45) is 4.54. The lowest BCUT2D eigenvalue weighted by Gasteiger charge is -2.26. The van der Waals surface area contributed by atoms with Crippen LogP contribution in [0.15, 0.2) is 97.5 Å². The summed E-state index contributed by atoms with van der Waals surface area (Å²) in [6.45, 7) is 15.3. The molecule has 6 rings (SSSR count). The smallest absolute Gasteiger partial charge is 0.324 e. The molecule has 0 aliphatic rings. The topological polar surface area (TPSA) is 162 Å². The number of carbonyl (C=O) groups is 2. The third-order valence-corrected chi connectivity index (χ3v) is 8.63. The van der Waals surface area contributed by atoms with Gasteiger partial charge in [0.2, 0.25) is 0 Å². The van der Waals surface area contributed by atoms with Crippen LogP contribution in [0.4, 0.5) is 27.9 Å². The van der Waals surface area contributed by atoms with Crippen LogP contribution < -0.4 is 26.0 Å². The second-order valence-electron chi connectivity index (χ2n) is 15.2. The van der Waals surface area contributed by atoms with Gasteiger partial charge in [-0.2, -0.15) is 5.10 Å². The molecular formula is C42H47N9O4. The fraction of sp³-hybridized carbons (Fsp3) is 0.286. The lowest BCUT2D eigenvalue weighted by molar-refractivity contribution is 0.00192. The molecule has 3 aromatic heterocycles. The second-order valence-corrected chi connectivity index (χ2v) is 15.2. The van der Waals surface area contributed by atoms with Crippen molar-refractivity contribution in [3.8, 4) is 11.4 Å². The Hall–Kier alpha value is -6.34. The summed E-state index contributed by atoms with van der Waals surface area (Å²) in [7, 11) is 0. The van der Waals surface area contributed by atoms with Gasteiger partial charge in [0, 0.05) is 35.0 Å². The van der Waals surface area contributed by atoms with E-state index >= 15 is 0 Å². The quantitative estimate of drug-likeness (QED) is 0.113. The van der Waals surface area contributed by atoms with Gasteiger partial charge in [0.1, 0.15) is 29.7 Å². The first-order chi connectivity index (χ1) is 26.1. The molecule has 0 aliphatic carbocycles. The van der Waals surface area contributed by atoms with Crippen LogP contribution in [0.1, 0.15) is 68.9 Å². The average molecular weight is 742 g/mol. The second kappa shape index (κ2) is 15.9. The van der Waals surface area contributed by atoms with Crippen LogP contribution in [0.25, 0.3) is 16.5 Å². The lowest BCUT2D eigenvalue weighted by atomic mass is 9.92. The van der Waals surface area contributed by atoms with E-state index < -0.39 is 11.9 Å². The Balaban J connectivity index is 1.20. The number of ether oxygens (including phenoxy) is 2. The molecule has 0 spiro atoms. The number of pyridine rings is 1. The minimum Gasteiger partial charge on any atom is -0.488 e. The Morgan fingerprint density at radius 2 is 1.58 bits per heavy atom. The van der Waals surface area contributed by atoms with Gasteiger partial charge in [-0.05, 0) is 69.7 Å². The third kappa shape index (κ3) is 9.61. The first kappa shape index (κ1) is 38.4. The number of aryl methyl sites for hydroxylation is 1. The number of aromatic nitrogens is 5. The van der Waals surface area contributed by atoms with Gasteiger partial charge in [0.25, 0.3) is 5.91 Å². The van der Waals surface area contributed by atoms with E-state index in [1.165, 1.54) is 12.4 Å². The fourth-order valence-electron chi connectivity index (χ4n) is 5.73. The molecule has 55 heavy (non-hydrogen) atoms. The summed E-state index contributed by atoms with van der Waals surface area (Å²) in [6, 6.07) is 24.7. The zero-order valence-electron chi connectivity index (χ0n) is 32.3. The van der Waals surface area contributed by atoms with Crippen LogP contribution in [0.2, 0.25) is 0 Å². The van der Waals surface area contributed by atoms with E-state index in [1.807, 2.05) is 111 Å². The van der Waals surface area contributed by atoms with Gasteiger partial charge in [-0.3, -0.25) is 10.1 Å². The minimum atomic E-state index is -0.657. The summed E-state index contributed by atoms with van der Waals surface area (Å²) in [5.74, 6) is 1.64. The molecule has 0 unspecified atom stereocenters. The largest absolute Gasteiger partial charge is 0.488 e. The monoisotopic (exact) mass is 741 g/mol. The number of benzene rings is 3. The van der Waals surface area contributed by atoms with Gasteiger partial charge in [-0.25, -0.2) is 24.4 Å². The van der Waals surface area contributed by atoms with E-state index in [0.717, 1.165) is 33.3 Å². The number of hydrogen-bond acceptors (Lipinski definition) is 9. The molecule has 0 saturated heterocycles. The number of nitrogens with two attached hydrogens (primary N) is 1. The van der Waals surface area contributed by atoms with Crippen LogP contribution in [0.3, 0.4) is 0 Å². The number of rotatable bonds is 12. The SMILES string of the molecule is Cc1ccc(-n2nc(C(C)(C)C)cc2NC(=O)Nc2ccc(OCc3ccnc(N(CCOC(C)(C)C)c4cnc(C(N)=O)cn4)c3)c3ccccc23)cc1. The molecule has 13 heteroatoms. The van der Waals surface area contributed by atoms with E-state index in [4.69, 9.17) is 20.3 Å². The van der Waals surface area contributed by atoms with Crippen LogP contribution >= 0.6 is 0 Å². The van der Waals surface area contributed by atoms with Crippen molar-refractivity contribution < 1.29 is 19.1 Å². The maximum Gasteiger partial charge on any atom is 0.324 e. The van der Waals surface area contributed by atoms with Crippen LogP contribution in [-0.2, 0) is 16.8 Å². The summed E-state index contributed by atoms with van der Waals surface area (Å²) in [5.41, 5.74) is 9.22. The summed E-state index contributed by atoms with van der Waals surface area (Å²) < 4.78 is 14.1. The fourth-order valence-corrected chi connectivity index (χ4v) is 5.73. The number of hydrogen-bond donors (Lipinski definition) is 3. The molecule has 0 aliphatic heterocycles. The van der Waals surface area contributed by atoms with Gasteiger partial charge >= 0.3 is 6.03 Å². The highest BCUT2D eigenvalue weighted by Crippen LogP contribution is 2.33. The number of nitrogens with one attached hydrogen (secondary N) is 2. The molecular weight excluding hydrogens is 695 g/mol. The van der Waals surface area contributed by atoms with Crippen molar-refractivity contribution in [1.82, 2.24) is 24.7 Å². The molecule has 6 aromatic rings. The van der Waals surface area contributed by atoms with Crippen molar-refractivity contribution in [3.05, 3.63) is 120 Å². The molecule has 4 N–H and O–H groups in total. The minimum absolute atomic E-state index is 0.0686. The van der Waals surface area contributed by atoms with Crippen molar-refractivity contribution in [2.45, 2.75) is 66.1 Å². The van der Waals surface area contributed by atoms with Gasteiger partial charge in [0.05, 0.1) is 41.7 Å².